The lowest BCUT2D eigenvalue weighted by atomic mass is 10.2. The van der Waals surface area contributed by atoms with E-state index in [4.69, 9.17) is 11.6 Å². The number of aromatic amines is 1. The number of nitrogens with zero attached hydrogens (tertiary/aromatic N) is 5. The number of nitrogens with one attached hydrogen (secondary N) is 2. The van der Waals surface area contributed by atoms with Crippen molar-refractivity contribution < 1.29 is 18.0 Å². The smallest absolute Gasteiger partial charge is 0.358 e. The number of alkyl halides is 3. The molecular weight excluding hydrogens is 483 g/mol. The fraction of sp³-hybridized carbons (Fsp3) is 0.304. The molecule has 5 rings (SSSR count). The Balaban J connectivity index is 1.31. The molecule has 12 heteroatoms. The van der Waals surface area contributed by atoms with Gasteiger partial charge in [-0.2, -0.15) is 18.3 Å². The van der Waals surface area contributed by atoms with Crippen molar-refractivity contribution in [3.05, 3.63) is 70.5 Å². The van der Waals surface area contributed by atoms with Crippen molar-refractivity contribution in [2.24, 2.45) is 0 Å². The summed E-state index contributed by atoms with van der Waals surface area (Å²) in [5.41, 5.74) is 0.0526. The van der Waals surface area contributed by atoms with E-state index in [9.17, 15) is 18.0 Å². The fourth-order valence-electron chi connectivity index (χ4n) is 4.10. The third-order valence-corrected chi connectivity index (χ3v) is 6.17. The SMILES string of the molecule is O=C(NCc1cc2c(Cl)c[nH]c2cn1)c1cn(Cc2ccc(N3CCCC3)nc2)nc1C(F)(F)F. The molecule has 35 heavy (non-hydrogen) atoms. The minimum atomic E-state index is -4.79. The van der Waals surface area contributed by atoms with Gasteiger partial charge in [0, 0.05) is 37.1 Å². The highest BCUT2D eigenvalue weighted by Crippen LogP contribution is 2.31. The van der Waals surface area contributed by atoms with Crippen LogP contribution < -0.4 is 10.2 Å². The molecular formula is C23H21ClF3N7O. The predicted molar refractivity (Wildman–Crippen MR) is 124 cm³/mol. The van der Waals surface area contributed by atoms with E-state index >= 15 is 0 Å². The van der Waals surface area contributed by atoms with E-state index < -0.39 is 23.3 Å². The largest absolute Gasteiger partial charge is 0.435 e. The monoisotopic (exact) mass is 503 g/mol. The number of anilines is 1. The number of pyridine rings is 2. The first-order chi connectivity index (χ1) is 16.8. The number of amides is 1. The van der Waals surface area contributed by atoms with Gasteiger partial charge in [0.1, 0.15) is 5.82 Å². The van der Waals surface area contributed by atoms with Crippen LogP contribution in [0.15, 0.2) is 43.0 Å². The molecule has 1 saturated heterocycles. The highest BCUT2D eigenvalue weighted by molar-refractivity contribution is 6.35. The number of hydrogen-bond donors (Lipinski definition) is 2. The van der Waals surface area contributed by atoms with Gasteiger partial charge < -0.3 is 15.2 Å². The zero-order valence-corrected chi connectivity index (χ0v) is 19.2. The molecule has 8 nitrogen and oxygen atoms in total. The number of H-pyrrole nitrogens is 1. The molecule has 1 aliphatic rings. The van der Waals surface area contributed by atoms with Gasteiger partial charge in [-0.15, -0.1) is 0 Å². The van der Waals surface area contributed by atoms with Gasteiger partial charge in [0.05, 0.1) is 41.1 Å². The Morgan fingerprint density at radius 2 is 1.97 bits per heavy atom. The van der Waals surface area contributed by atoms with Crippen LogP contribution in [-0.4, -0.2) is 43.7 Å². The molecule has 0 bridgehead atoms. The van der Waals surface area contributed by atoms with Crippen LogP contribution in [0.5, 0.6) is 0 Å². The van der Waals surface area contributed by atoms with Crippen LogP contribution in [0.2, 0.25) is 5.02 Å². The predicted octanol–water partition coefficient (Wildman–Crippen LogP) is 4.41. The van der Waals surface area contributed by atoms with Gasteiger partial charge in [0.25, 0.3) is 5.91 Å². The van der Waals surface area contributed by atoms with Crippen LogP contribution in [0, 0.1) is 0 Å². The van der Waals surface area contributed by atoms with Crippen molar-refractivity contribution >= 4 is 34.2 Å². The molecule has 0 atom stereocenters. The number of aromatic nitrogens is 5. The van der Waals surface area contributed by atoms with Crippen LogP contribution in [-0.2, 0) is 19.3 Å². The van der Waals surface area contributed by atoms with E-state index in [-0.39, 0.29) is 13.1 Å². The van der Waals surface area contributed by atoms with Gasteiger partial charge in [0.15, 0.2) is 5.69 Å². The zero-order chi connectivity index (χ0) is 24.6. The number of fused-ring (bicyclic) bond motifs is 1. The molecule has 1 amide bonds. The summed E-state index contributed by atoms with van der Waals surface area (Å²) < 4.78 is 42.0. The summed E-state index contributed by atoms with van der Waals surface area (Å²) in [6.07, 6.45) is 3.33. The average Bonchev–Trinajstić information content (AvgIpc) is 3.58. The second kappa shape index (κ2) is 9.21. The van der Waals surface area contributed by atoms with E-state index in [0.29, 0.717) is 27.2 Å². The van der Waals surface area contributed by atoms with Crippen molar-refractivity contribution in [2.75, 3.05) is 18.0 Å². The lowest BCUT2D eigenvalue weighted by Gasteiger charge is -2.16. The summed E-state index contributed by atoms with van der Waals surface area (Å²) in [6.45, 7) is 1.87. The van der Waals surface area contributed by atoms with Crippen molar-refractivity contribution in [2.45, 2.75) is 32.1 Å². The molecule has 182 valence electrons. The highest BCUT2D eigenvalue weighted by Gasteiger charge is 2.39. The minimum Gasteiger partial charge on any atom is -0.358 e. The maximum Gasteiger partial charge on any atom is 0.435 e. The second-order valence-electron chi connectivity index (χ2n) is 8.35. The van der Waals surface area contributed by atoms with Crippen LogP contribution in [0.3, 0.4) is 0 Å². The van der Waals surface area contributed by atoms with Gasteiger partial charge >= 0.3 is 6.18 Å². The maximum atomic E-state index is 13.6. The molecule has 0 spiro atoms. The molecule has 4 aromatic heterocycles. The first kappa shape index (κ1) is 23.2. The zero-order valence-electron chi connectivity index (χ0n) is 18.4. The Bertz CT molecular complexity index is 1360. The number of hydrogen-bond acceptors (Lipinski definition) is 5. The molecule has 0 saturated carbocycles. The lowest BCUT2D eigenvalue weighted by molar-refractivity contribution is -0.141. The fourth-order valence-corrected chi connectivity index (χ4v) is 4.31. The maximum absolute atomic E-state index is 13.6. The van der Waals surface area contributed by atoms with Gasteiger partial charge in [-0.3, -0.25) is 14.5 Å². The molecule has 0 unspecified atom stereocenters. The van der Waals surface area contributed by atoms with Gasteiger partial charge in [0.2, 0.25) is 0 Å². The molecule has 5 heterocycles. The Hall–Kier alpha value is -3.60. The molecule has 4 aromatic rings. The van der Waals surface area contributed by atoms with Crippen molar-refractivity contribution in [3.63, 3.8) is 0 Å². The molecule has 2 N–H and O–H groups in total. The van der Waals surface area contributed by atoms with Gasteiger partial charge in [-0.05, 0) is 30.5 Å². The van der Waals surface area contributed by atoms with Gasteiger partial charge in [-0.1, -0.05) is 17.7 Å². The van der Waals surface area contributed by atoms with Gasteiger partial charge in [-0.25, -0.2) is 4.98 Å². The van der Waals surface area contributed by atoms with Crippen molar-refractivity contribution in [3.8, 4) is 0 Å². The Morgan fingerprint density at radius 3 is 2.69 bits per heavy atom. The topological polar surface area (TPSA) is 91.7 Å². The van der Waals surface area contributed by atoms with E-state index in [2.05, 4.69) is 30.3 Å². The normalized spacial score (nSPS) is 14.1. The molecule has 1 aliphatic heterocycles. The van der Waals surface area contributed by atoms with Crippen LogP contribution >= 0.6 is 11.6 Å². The lowest BCUT2D eigenvalue weighted by Crippen LogP contribution is -2.25. The summed E-state index contributed by atoms with van der Waals surface area (Å²) >= 11 is 6.10. The van der Waals surface area contributed by atoms with Crippen molar-refractivity contribution in [1.82, 2.24) is 30.0 Å². The summed E-state index contributed by atoms with van der Waals surface area (Å²) in [4.78, 5) is 26.4. The third-order valence-electron chi connectivity index (χ3n) is 5.86. The van der Waals surface area contributed by atoms with Crippen LogP contribution in [0.4, 0.5) is 19.0 Å². The van der Waals surface area contributed by atoms with E-state index in [1.807, 2.05) is 12.1 Å². The molecule has 1 fully saturated rings. The van der Waals surface area contributed by atoms with Crippen LogP contribution in [0.1, 0.15) is 40.2 Å². The summed E-state index contributed by atoms with van der Waals surface area (Å²) in [5.74, 6) is -0.0522. The standard InChI is InChI=1S/C23H21ClF3N7O/c24-18-10-29-19-11-28-15(7-16(18)19)9-31-22(35)17-13-34(32-21(17)23(25,26)27)12-14-3-4-20(30-8-14)33-5-1-2-6-33/h3-4,7-8,10-11,13,29H,1-2,5-6,9,12H2,(H,31,35). The highest BCUT2D eigenvalue weighted by atomic mass is 35.5. The Labute approximate surface area is 203 Å². The quantitative estimate of drug-likeness (QED) is 0.407. The number of carbonyl (C=O) groups is 1. The Morgan fingerprint density at radius 1 is 1.17 bits per heavy atom. The summed E-state index contributed by atoms with van der Waals surface area (Å²) in [6, 6.07) is 5.33. The van der Waals surface area contributed by atoms with E-state index in [0.717, 1.165) is 42.6 Å². The van der Waals surface area contributed by atoms with Crippen LogP contribution in [0.25, 0.3) is 10.9 Å². The second-order valence-corrected chi connectivity index (χ2v) is 8.75. The number of carbonyl (C=O) groups excluding carboxylic acids is 1. The Kier molecular flexibility index (Phi) is 6.10. The van der Waals surface area contributed by atoms with Crippen molar-refractivity contribution in [1.29, 1.82) is 0 Å². The average molecular weight is 504 g/mol. The molecule has 0 aromatic carbocycles. The third kappa shape index (κ3) is 4.95. The van der Waals surface area contributed by atoms with E-state index in [1.54, 1.807) is 24.7 Å². The number of halogens is 4. The molecule has 0 aliphatic carbocycles. The minimum absolute atomic E-state index is 0.0495. The van der Waals surface area contributed by atoms with E-state index in [1.165, 1.54) is 0 Å². The first-order valence-corrected chi connectivity index (χ1v) is 11.4. The summed E-state index contributed by atoms with van der Waals surface area (Å²) in [5, 5.41) is 7.34. The summed E-state index contributed by atoms with van der Waals surface area (Å²) in [7, 11) is 0. The number of rotatable bonds is 6. The molecule has 0 radical (unpaired) electrons. The first-order valence-electron chi connectivity index (χ1n) is 11.0.